The van der Waals surface area contributed by atoms with E-state index in [0.717, 1.165) is 12.1 Å². The minimum Gasteiger partial charge on any atom is -0.361 e. The fraction of sp³-hybridized carbons (Fsp3) is 0.143. The number of aryl methyl sites for hydroxylation is 2. The van der Waals surface area contributed by atoms with Crippen molar-refractivity contribution in [3.05, 3.63) is 76.7 Å². The Morgan fingerprint density at radius 1 is 1.10 bits per heavy atom. The Hall–Kier alpha value is -3.55. The van der Waals surface area contributed by atoms with Crippen LogP contribution in [-0.4, -0.2) is 23.4 Å². The van der Waals surface area contributed by atoms with Crippen LogP contribution in [-0.2, 0) is 11.0 Å². The minimum atomic E-state index is -4.50. The second-order valence-corrected chi connectivity index (χ2v) is 6.18. The van der Waals surface area contributed by atoms with E-state index in [4.69, 9.17) is 4.52 Å². The summed E-state index contributed by atoms with van der Waals surface area (Å²) in [4.78, 5) is 20.2. The maximum atomic E-state index is 12.9. The van der Waals surface area contributed by atoms with Crippen LogP contribution in [0.1, 0.15) is 28.1 Å². The lowest BCUT2D eigenvalue weighted by molar-refractivity contribution is -0.137. The molecule has 3 rings (SSSR count). The largest absolute Gasteiger partial charge is 0.416 e. The van der Waals surface area contributed by atoms with E-state index in [9.17, 15) is 18.0 Å². The zero-order chi connectivity index (χ0) is 21.0. The van der Waals surface area contributed by atoms with Gasteiger partial charge < -0.3 is 4.52 Å². The Balaban J connectivity index is 2.01. The predicted molar refractivity (Wildman–Crippen MR) is 103 cm³/mol. The van der Waals surface area contributed by atoms with Gasteiger partial charge >= 0.3 is 6.18 Å². The average molecular weight is 399 g/mol. The summed E-state index contributed by atoms with van der Waals surface area (Å²) < 4.78 is 43.9. The van der Waals surface area contributed by atoms with Crippen LogP contribution < -0.4 is 0 Å². The number of carbonyl (C=O) groups excluding carboxylic acids is 1. The number of carbonyl (C=O) groups is 1. The Labute approximate surface area is 164 Å². The standard InChI is InChI=1S/C21H16F3N3O2/c1-13-18(14(2)29-27-13)11-25-19-9-4-3-8-17(19)20(12-28)26-16-7-5-6-15(10-16)21(22,23)24/h3-12H,1-2H3. The van der Waals surface area contributed by atoms with Crippen molar-refractivity contribution in [3.8, 4) is 0 Å². The number of halogens is 3. The van der Waals surface area contributed by atoms with Gasteiger partial charge in [0.1, 0.15) is 11.5 Å². The number of aromatic nitrogens is 1. The highest BCUT2D eigenvalue weighted by molar-refractivity contribution is 6.38. The number of aliphatic imine (C=N–C) groups is 2. The molecule has 0 N–H and O–H groups in total. The van der Waals surface area contributed by atoms with E-state index >= 15 is 0 Å². The molecule has 0 radical (unpaired) electrons. The summed E-state index contributed by atoms with van der Waals surface area (Å²) in [5.74, 6) is 0.594. The predicted octanol–water partition coefficient (Wildman–Crippen LogP) is 5.38. The summed E-state index contributed by atoms with van der Waals surface area (Å²) in [5.41, 5.74) is 1.35. The van der Waals surface area contributed by atoms with Crippen molar-refractivity contribution in [3.63, 3.8) is 0 Å². The first-order valence-corrected chi connectivity index (χ1v) is 8.57. The maximum absolute atomic E-state index is 12.9. The van der Waals surface area contributed by atoms with Crippen LogP contribution in [0, 0.1) is 13.8 Å². The molecule has 1 aromatic heterocycles. The van der Waals surface area contributed by atoms with Crippen molar-refractivity contribution in [2.45, 2.75) is 20.0 Å². The van der Waals surface area contributed by atoms with E-state index in [1.807, 2.05) is 0 Å². The van der Waals surface area contributed by atoms with Gasteiger partial charge in [-0.15, -0.1) is 0 Å². The SMILES string of the molecule is Cc1noc(C)c1C=Nc1ccccc1C(C=O)=Nc1cccc(C(F)(F)F)c1. The highest BCUT2D eigenvalue weighted by Gasteiger charge is 2.30. The van der Waals surface area contributed by atoms with E-state index in [1.165, 1.54) is 12.1 Å². The molecule has 8 heteroatoms. The van der Waals surface area contributed by atoms with Gasteiger partial charge in [0.25, 0.3) is 0 Å². The monoisotopic (exact) mass is 399 g/mol. The number of nitrogens with zero attached hydrogens (tertiary/aromatic N) is 3. The van der Waals surface area contributed by atoms with Crippen molar-refractivity contribution < 1.29 is 22.5 Å². The molecule has 0 aliphatic carbocycles. The van der Waals surface area contributed by atoms with Gasteiger partial charge in [0.15, 0.2) is 6.29 Å². The van der Waals surface area contributed by atoms with Crippen LogP contribution in [0.15, 0.2) is 63.0 Å². The number of benzene rings is 2. The molecule has 0 bridgehead atoms. The van der Waals surface area contributed by atoms with E-state index in [1.54, 1.807) is 44.3 Å². The van der Waals surface area contributed by atoms with Crippen LogP contribution in [0.25, 0.3) is 0 Å². The molecule has 0 saturated heterocycles. The molecular weight excluding hydrogens is 383 g/mol. The third-order valence-corrected chi connectivity index (χ3v) is 4.14. The normalized spacial score (nSPS) is 12.5. The van der Waals surface area contributed by atoms with Crippen molar-refractivity contribution in [1.82, 2.24) is 5.16 Å². The third-order valence-electron chi connectivity index (χ3n) is 4.14. The number of rotatable bonds is 5. The Morgan fingerprint density at radius 3 is 2.52 bits per heavy atom. The summed E-state index contributed by atoms with van der Waals surface area (Å²) in [7, 11) is 0. The van der Waals surface area contributed by atoms with Gasteiger partial charge in [-0.25, -0.2) is 4.99 Å². The highest BCUT2D eigenvalue weighted by atomic mass is 19.4. The minimum absolute atomic E-state index is 0.0198. The lowest BCUT2D eigenvalue weighted by Crippen LogP contribution is -2.05. The Bertz CT molecular complexity index is 1080. The van der Waals surface area contributed by atoms with Gasteiger partial charge in [-0.1, -0.05) is 29.4 Å². The molecule has 1 heterocycles. The molecule has 148 valence electrons. The molecule has 0 unspecified atom stereocenters. The van der Waals surface area contributed by atoms with Gasteiger partial charge in [-0.3, -0.25) is 9.79 Å². The molecule has 0 saturated carbocycles. The average Bonchev–Trinajstić information content (AvgIpc) is 3.02. The molecule has 29 heavy (non-hydrogen) atoms. The second-order valence-electron chi connectivity index (χ2n) is 6.18. The number of aldehydes is 1. The number of hydrogen-bond donors (Lipinski definition) is 0. The smallest absolute Gasteiger partial charge is 0.361 e. The fourth-order valence-corrected chi connectivity index (χ4v) is 2.65. The zero-order valence-corrected chi connectivity index (χ0v) is 15.6. The summed E-state index contributed by atoms with van der Waals surface area (Å²) in [6.45, 7) is 3.52. The number of para-hydroxylation sites is 1. The Morgan fingerprint density at radius 2 is 1.86 bits per heavy atom. The zero-order valence-electron chi connectivity index (χ0n) is 15.6. The first-order valence-electron chi connectivity index (χ1n) is 8.57. The quantitative estimate of drug-likeness (QED) is 0.427. The topological polar surface area (TPSA) is 67.8 Å². The fourth-order valence-electron chi connectivity index (χ4n) is 2.65. The molecular formula is C21H16F3N3O2. The van der Waals surface area contributed by atoms with E-state index in [2.05, 4.69) is 15.1 Å². The van der Waals surface area contributed by atoms with Crippen molar-refractivity contribution in [2.24, 2.45) is 9.98 Å². The number of alkyl halides is 3. The molecule has 3 aromatic rings. The van der Waals surface area contributed by atoms with Gasteiger partial charge in [0.05, 0.1) is 28.2 Å². The van der Waals surface area contributed by atoms with E-state index in [0.29, 0.717) is 34.6 Å². The van der Waals surface area contributed by atoms with Crippen molar-refractivity contribution in [2.75, 3.05) is 0 Å². The van der Waals surface area contributed by atoms with Crippen molar-refractivity contribution >= 4 is 29.6 Å². The van der Waals surface area contributed by atoms with Gasteiger partial charge in [-0.05, 0) is 38.1 Å². The molecule has 0 spiro atoms. The molecule has 0 aliphatic rings. The lowest BCUT2D eigenvalue weighted by Gasteiger charge is -2.08. The van der Waals surface area contributed by atoms with Crippen LogP contribution in [0.2, 0.25) is 0 Å². The molecule has 5 nitrogen and oxygen atoms in total. The second kappa shape index (κ2) is 8.22. The number of hydrogen-bond acceptors (Lipinski definition) is 5. The van der Waals surface area contributed by atoms with Gasteiger partial charge in [0, 0.05) is 11.8 Å². The van der Waals surface area contributed by atoms with Crippen molar-refractivity contribution in [1.29, 1.82) is 0 Å². The van der Waals surface area contributed by atoms with Crippen LogP contribution in [0.3, 0.4) is 0 Å². The van der Waals surface area contributed by atoms with Crippen LogP contribution in [0.5, 0.6) is 0 Å². The molecule has 0 atom stereocenters. The first kappa shape index (κ1) is 20.2. The lowest BCUT2D eigenvalue weighted by atomic mass is 10.1. The summed E-state index contributed by atoms with van der Waals surface area (Å²) >= 11 is 0. The maximum Gasteiger partial charge on any atom is 0.416 e. The molecule has 0 amide bonds. The molecule has 2 aromatic carbocycles. The summed E-state index contributed by atoms with van der Waals surface area (Å²) in [6.07, 6.45) is -2.44. The first-order chi connectivity index (χ1) is 13.8. The van der Waals surface area contributed by atoms with Crippen LogP contribution in [0.4, 0.5) is 24.5 Å². The van der Waals surface area contributed by atoms with E-state index in [-0.39, 0.29) is 11.4 Å². The molecule has 0 fully saturated rings. The third kappa shape index (κ3) is 4.66. The van der Waals surface area contributed by atoms with Gasteiger partial charge in [-0.2, -0.15) is 13.2 Å². The summed E-state index contributed by atoms with van der Waals surface area (Å²) in [5, 5.41) is 3.85. The van der Waals surface area contributed by atoms with E-state index < -0.39 is 11.7 Å². The highest BCUT2D eigenvalue weighted by Crippen LogP contribution is 2.32. The van der Waals surface area contributed by atoms with Gasteiger partial charge in [0.2, 0.25) is 0 Å². The Kier molecular flexibility index (Phi) is 5.72. The summed E-state index contributed by atoms with van der Waals surface area (Å²) in [6, 6.07) is 11.2. The van der Waals surface area contributed by atoms with Crippen LogP contribution >= 0.6 is 0 Å². The molecule has 0 aliphatic heterocycles.